The predicted molar refractivity (Wildman–Crippen MR) is 93.2 cm³/mol. The fourth-order valence-corrected chi connectivity index (χ4v) is 2.35. The van der Waals surface area contributed by atoms with Crippen LogP contribution in [0.1, 0.15) is 30.0 Å². The summed E-state index contributed by atoms with van der Waals surface area (Å²) < 4.78 is 5.72. The van der Waals surface area contributed by atoms with Gasteiger partial charge in [-0.2, -0.15) is 0 Å². The lowest BCUT2D eigenvalue weighted by Gasteiger charge is -2.14. The van der Waals surface area contributed by atoms with Gasteiger partial charge in [-0.05, 0) is 43.0 Å². The van der Waals surface area contributed by atoms with E-state index in [1.54, 1.807) is 0 Å². The molecule has 2 nitrogen and oxygen atoms in total. The zero-order valence-corrected chi connectivity index (χ0v) is 14.1. The van der Waals surface area contributed by atoms with Gasteiger partial charge in [-0.25, -0.2) is 0 Å². The van der Waals surface area contributed by atoms with Crippen LogP contribution in [0.5, 0.6) is 0 Å². The van der Waals surface area contributed by atoms with Gasteiger partial charge in [0.1, 0.15) is 0 Å². The summed E-state index contributed by atoms with van der Waals surface area (Å²) in [5, 5.41) is 4.35. The first-order valence-corrected chi connectivity index (χ1v) is 8.13. The summed E-state index contributed by atoms with van der Waals surface area (Å²) in [5.41, 5.74) is 3.61. The lowest BCUT2D eigenvalue weighted by atomic mass is 10.1. The van der Waals surface area contributed by atoms with Crippen molar-refractivity contribution in [3.8, 4) is 0 Å². The number of benzene rings is 2. The second-order valence-electron chi connectivity index (χ2n) is 5.69. The van der Waals surface area contributed by atoms with E-state index in [-0.39, 0.29) is 0 Å². The normalized spacial score (nSPS) is 12.3. The first kappa shape index (κ1) is 17.0. The SMILES string of the molecule is Cc1cc(CNC(C)CCOCc2ccccc2)ccc1Cl. The Labute approximate surface area is 138 Å². The zero-order chi connectivity index (χ0) is 15.8. The molecule has 22 heavy (non-hydrogen) atoms. The van der Waals surface area contributed by atoms with Crippen LogP contribution < -0.4 is 5.32 Å². The lowest BCUT2D eigenvalue weighted by Crippen LogP contribution is -2.26. The largest absolute Gasteiger partial charge is 0.377 e. The van der Waals surface area contributed by atoms with Gasteiger partial charge >= 0.3 is 0 Å². The number of aryl methyl sites for hydroxylation is 1. The van der Waals surface area contributed by atoms with E-state index < -0.39 is 0 Å². The number of ether oxygens (including phenoxy) is 1. The summed E-state index contributed by atoms with van der Waals surface area (Å²) in [5.74, 6) is 0. The first-order valence-electron chi connectivity index (χ1n) is 7.75. The Morgan fingerprint density at radius 3 is 2.59 bits per heavy atom. The van der Waals surface area contributed by atoms with E-state index in [4.69, 9.17) is 16.3 Å². The summed E-state index contributed by atoms with van der Waals surface area (Å²) in [6.07, 6.45) is 0.999. The van der Waals surface area contributed by atoms with Crippen LogP contribution in [0.25, 0.3) is 0 Å². The van der Waals surface area contributed by atoms with Crippen LogP contribution in [0, 0.1) is 6.92 Å². The summed E-state index contributed by atoms with van der Waals surface area (Å²) in [4.78, 5) is 0. The smallest absolute Gasteiger partial charge is 0.0716 e. The number of nitrogens with one attached hydrogen (secondary N) is 1. The Morgan fingerprint density at radius 2 is 1.86 bits per heavy atom. The summed E-state index contributed by atoms with van der Waals surface area (Å²) in [6.45, 7) is 6.53. The van der Waals surface area contributed by atoms with E-state index in [1.807, 2.05) is 31.2 Å². The maximum absolute atomic E-state index is 6.04. The van der Waals surface area contributed by atoms with Crippen LogP contribution in [0.15, 0.2) is 48.5 Å². The van der Waals surface area contributed by atoms with Crippen LogP contribution in [0.4, 0.5) is 0 Å². The molecule has 0 aliphatic heterocycles. The van der Waals surface area contributed by atoms with Gasteiger partial charge in [0, 0.05) is 24.2 Å². The summed E-state index contributed by atoms with van der Waals surface area (Å²) in [7, 11) is 0. The summed E-state index contributed by atoms with van der Waals surface area (Å²) in [6, 6.07) is 16.9. The summed E-state index contributed by atoms with van der Waals surface area (Å²) >= 11 is 6.04. The molecule has 1 atom stereocenters. The van der Waals surface area contributed by atoms with Crippen LogP contribution in [0.3, 0.4) is 0 Å². The highest BCUT2D eigenvalue weighted by atomic mass is 35.5. The molecule has 2 aromatic carbocycles. The highest BCUT2D eigenvalue weighted by molar-refractivity contribution is 6.31. The van der Waals surface area contributed by atoms with E-state index in [1.165, 1.54) is 11.1 Å². The number of rotatable bonds is 8. The topological polar surface area (TPSA) is 21.3 Å². The minimum atomic E-state index is 0.423. The monoisotopic (exact) mass is 317 g/mol. The van der Waals surface area contributed by atoms with Crippen molar-refractivity contribution < 1.29 is 4.74 Å². The molecule has 0 aliphatic carbocycles. The molecular formula is C19H24ClNO. The number of hydrogen-bond donors (Lipinski definition) is 1. The molecule has 0 bridgehead atoms. The van der Waals surface area contributed by atoms with Gasteiger partial charge in [0.25, 0.3) is 0 Å². The van der Waals surface area contributed by atoms with Crippen molar-refractivity contribution in [1.29, 1.82) is 0 Å². The molecule has 1 N–H and O–H groups in total. The highest BCUT2D eigenvalue weighted by Crippen LogP contribution is 2.16. The zero-order valence-electron chi connectivity index (χ0n) is 13.3. The molecule has 118 valence electrons. The van der Waals surface area contributed by atoms with E-state index >= 15 is 0 Å². The van der Waals surface area contributed by atoms with Crippen molar-refractivity contribution in [2.24, 2.45) is 0 Å². The molecule has 0 amide bonds. The third-order valence-electron chi connectivity index (χ3n) is 3.68. The average Bonchev–Trinajstić information content (AvgIpc) is 2.54. The van der Waals surface area contributed by atoms with Gasteiger partial charge in [0.05, 0.1) is 6.61 Å². The fraction of sp³-hybridized carbons (Fsp3) is 0.368. The fourth-order valence-electron chi connectivity index (χ4n) is 2.24. The Balaban J connectivity index is 1.63. The van der Waals surface area contributed by atoms with Gasteiger partial charge in [-0.3, -0.25) is 0 Å². The van der Waals surface area contributed by atoms with Gasteiger partial charge in [0.15, 0.2) is 0 Å². The van der Waals surface area contributed by atoms with Gasteiger partial charge < -0.3 is 10.1 Å². The van der Waals surface area contributed by atoms with Gasteiger partial charge in [-0.1, -0.05) is 54.1 Å². The Kier molecular flexibility index (Phi) is 6.91. The molecule has 2 aromatic rings. The van der Waals surface area contributed by atoms with E-state index in [2.05, 4.69) is 36.5 Å². The minimum Gasteiger partial charge on any atom is -0.377 e. The third kappa shape index (κ3) is 5.80. The molecule has 0 heterocycles. The quantitative estimate of drug-likeness (QED) is 0.710. The average molecular weight is 318 g/mol. The third-order valence-corrected chi connectivity index (χ3v) is 4.11. The van der Waals surface area contributed by atoms with Crippen LogP contribution in [0.2, 0.25) is 5.02 Å². The van der Waals surface area contributed by atoms with Crippen molar-refractivity contribution in [2.75, 3.05) is 6.61 Å². The van der Waals surface area contributed by atoms with E-state index in [0.717, 1.165) is 30.2 Å². The second-order valence-corrected chi connectivity index (χ2v) is 6.10. The Bertz CT molecular complexity index is 571. The molecule has 0 aromatic heterocycles. The van der Waals surface area contributed by atoms with E-state index in [0.29, 0.717) is 12.6 Å². The van der Waals surface area contributed by atoms with Crippen molar-refractivity contribution >= 4 is 11.6 Å². The van der Waals surface area contributed by atoms with Crippen molar-refractivity contribution in [1.82, 2.24) is 5.32 Å². The minimum absolute atomic E-state index is 0.423. The van der Waals surface area contributed by atoms with Crippen molar-refractivity contribution in [3.63, 3.8) is 0 Å². The van der Waals surface area contributed by atoms with E-state index in [9.17, 15) is 0 Å². The molecule has 1 unspecified atom stereocenters. The molecule has 3 heteroatoms. The van der Waals surface area contributed by atoms with Gasteiger partial charge in [0.2, 0.25) is 0 Å². The van der Waals surface area contributed by atoms with Crippen LogP contribution in [-0.4, -0.2) is 12.6 Å². The standard InChI is InChI=1S/C19H24ClNO/c1-15-12-18(8-9-19(15)20)13-21-16(2)10-11-22-14-17-6-4-3-5-7-17/h3-9,12,16,21H,10-11,13-14H2,1-2H3. The lowest BCUT2D eigenvalue weighted by molar-refractivity contribution is 0.112. The molecule has 0 saturated carbocycles. The van der Waals surface area contributed by atoms with Gasteiger partial charge in [-0.15, -0.1) is 0 Å². The molecule has 0 fully saturated rings. The molecule has 0 radical (unpaired) electrons. The second kappa shape index (κ2) is 8.94. The molecule has 0 aliphatic rings. The maximum Gasteiger partial charge on any atom is 0.0716 e. The highest BCUT2D eigenvalue weighted by Gasteiger charge is 2.03. The molecule has 0 spiro atoms. The number of halogens is 1. The molecule has 2 rings (SSSR count). The molecular weight excluding hydrogens is 294 g/mol. The Hall–Kier alpha value is -1.35. The van der Waals surface area contributed by atoms with Crippen LogP contribution in [-0.2, 0) is 17.9 Å². The van der Waals surface area contributed by atoms with Crippen molar-refractivity contribution in [3.05, 3.63) is 70.2 Å². The first-order chi connectivity index (χ1) is 10.6. The molecule has 0 saturated heterocycles. The van der Waals surface area contributed by atoms with Crippen molar-refractivity contribution in [2.45, 2.75) is 39.5 Å². The Morgan fingerprint density at radius 1 is 1.09 bits per heavy atom. The predicted octanol–water partition coefficient (Wildman–Crippen LogP) is 4.73. The van der Waals surface area contributed by atoms with Crippen LogP contribution >= 0.6 is 11.6 Å². The maximum atomic E-state index is 6.04. The number of hydrogen-bond acceptors (Lipinski definition) is 2.